The Labute approximate surface area is 180 Å². The van der Waals surface area contributed by atoms with Crippen LogP contribution in [-0.4, -0.2) is 61.8 Å². The van der Waals surface area contributed by atoms with Gasteiger partial charge >= 0.3 is 6.03 Å². The van der Waals surface area contributed by atoms with E-state index in [9.17, 15) is 14.4 Å². The number of benzene rings is 1. The molecule has 9 nitrogen and oxygen atoms in total. The molecule has 1 aliphatic carbocycles. The second-order valence-electron chi connectivity index (χ2n) is 9.76. The first-order valence-corrected chi connectivity index (χ1v) is 11.0. The molecule has 5 aliphatic rings. The molecular formula is C22H27N5O4. The SMILES string of the molecule is C[C@@H]1CN2c3ccc(N4C[C@@H]5C(N)[C@@H]5C4)cc3CC3(C(=O)NC(=O)NC3=O)[C@H]2[C@H](C)O1. The van der Waals surface area contributed by atoms with Gasteiger partial charge < -0.3 is 20.3 Å². The summed E-state index contributed by atoms with van der Waals surface area (Å²) in [5.74, 6) is 0.0265. The Bertz CT molecular complexity index is 980. The lowest BCUT2D eigenvalue weighted by Crippen LogP contribution is -2.75. The zero-order valence-corrected chi connectivity index (χ0v) is 17.6. The largest absolute Gasteiger partial charge is 0.372 e. The van der Waals surface area contributed by atoms with Gasteiger partial charge in [0.2, 0.25) is 11.8 Å². The Morgan fingerprint density at radius 1 is 1.06 bits per heavy atom. The monoisotopic (exact) mass is 425 g/mol. The fraction of sp³-hybridized carbons (Fsp3) is 0.591. The van der Waals surface area contributed by atoms with Crippen molar-refractivity contribution in [1.82, 2.24) is 10.6 Å². The molecule has 4 aliphatic heterocycles. The zero-order valence-electron chi connectivity index (χ0n) is 17.6. The molecule has 1 aromatic rings. The molecule has 0 radical (unpaired) electrons. The number of carbonyl (C=O) groups excluding carboxylic acids is 3. The number of piperidine rings is 1. The fourth-order valence-corrected chi connectivity index (χ4v) is 6.41. The van der Waals surface area contributed by atoms with E-state index in [-0.39, 0.29) is 18.6 Å². The van der Waals surface area contributed by atoms with Crippen molar-refractivity contribution in [2.24, 2.45) is 23.0 Å². The van der Waals surface area contributed by atoms with E-state index in [4.69, 9.17) is 10.5 Å². The lowest BCUT2D eigenvalue weighted by atomic mass is 9.66. The van der Waals surface area contributed by atoms with Gasteiger partial charge in [0.1, 0.15) is 0 Å². The van der Waals surface area contributed by atoms with Gasteiger partial charge in [-0.1, -0.05) is 0 Å². The number of nitrogens with zero attached hydrogens (tertiary/aromatic N) is 2. The third-order valence-corrected chi connectivity index (χ3v) is 7.92. The van der Waals surface area contributed by atoms with Gasteiger partial charge in [-0.05, 0) is 55.9 Å². The van der Waals surface area contributed by atoms with Crippen molar-refractivity contribution in [2.75, 3.05) is 29.4 Å². The van der Waals surface area contributed by atoms with Gasteiger partial charge in [0.15, 0.2) is 5.41 Å². The lowest BCUT2D eigenvalue weighted by Gasteiger charge is -2.55. The maximum atomic E-state index is 13.2. The normalized spacial score (nSPS) is 37.7. The molecule has 164 valence electrons. The van der Waals surface area contributed by atoms with Crippen LogP contribution in [0.1, 0.15) is 19.4 Å². The summed E-state index contributed by atoms with van der Waals surface area (Å²) in [6.45, 7) is 6.34. The fourth-order valence-electron chi connectivity index (χ4n) is 6.41. The highest BCUT2D eigenvalue weighted by Gasteiger charge is 2.63. The summed E-state index contributed by atoms with van der Waals surface area (Å²) >= 11 is 0. The van der Waals surface area contributed by atoms with Crippen LogP contribution in [0, 0.1) is 17.3 Å². The van der Waals surface area contributed by atoms with Gasteiger partial charge in [0.05, 0.1) is 18.2 Å². The topological polar surface area (TPSA) is 117 Å². The summed E-state index contributed by atoms with van der Waals surface area (Å²) in [6, 6.07) is 5.39. The molecule has 6 atom stereocenters. The molecule has 4 fully saturated rings. The number of urea groups is 1. The second-order valence-corrected chi connectivity index (χ2v) is 9.76. The lowest BCUT2D eigenvalue weighted by molar-refractivity contribution is -0.153. The van der Waals surface area contributed by atoms with Crippen LogP contribution in [-0.2, 0) is 20.7 Å². The minimum atomic E-state index is -1.42. The molecule has 4 N–H and O–H groups in total. The van der Waals surface area contributed by atoms with Crippen LogP contribution in [0.5, 0.6) is 0 Å². The van der Waals surface area contributed by atoms with Crippen LogP contribution in [0.25, 0.3) is 0 Å². The van der Waals surface area contributed by atoms with Gasteiger partial charge in [-0.2, -0.15) is 0 Å². The van der Waals surface area contributed by atoms with E-state index in [1.54, 1.807) is 0 Å². The van der Waals surface area contributed by atoms with E-state index in [1.807, 2.05) is 13.8 Å². The minimum Gasteiger partial charge on any atom is -0.372 e. The predicted molar refractivity (Wildman–Crippen MR) is 113 cm³/mol. The van der Waals surface area contributed by atoms with Crippen molar-refractivity contribution in [3.05, 3.63) is 23.8 Å². The molecule has 31 heavy (non-hydrogen) atoms. The maximum absolute atomic E-state index is 13.2. The van der Waals surface area contributed by atoms with Crippen LogP contribution < -0.4 is 26.2 Å². The molecule has 0 aromatic heterocycles. The number of anilines is 2. The number of rotatable bonds is 1. The first-order valence-electron chi connectivity index (χ1n) is 11.0. The number of ether oxygens (including phenoxy) is 1. The molecular weight excluding hydrogens is 398 g/mol. The highest BCUT2D eigenvalue weighted by atomic mass is 16.5. The maximum Gasteiger partial charge on any atom is 0.328 e. The summed E-state index contributed by atoms with van der Waals surface area (Å²) in [5, 5.41) is 4.67. The number of hydrogen-bond acceptors (Lipinski definition) is 7. The van der Waals surface area contributed by atoms with Crippen LogP contribution >= 0.6 is 0 Å². The van der Waals surface area contributed by atoms with E-state index in [0.29, 0.717) is 24.4 Å². The van der Waals surface area contributed by atoms with Crippen LogP contribution in [0.4, 0.5) is 16.2 Å². The first kappa shape index (κ1) is 19.1. The smallest absolute Gasteiger partial charge is 0.328 e. The van der Waals surface area contributed by atoms with E-state index >= 15 is 0 Å². The van der Waals surface area contributed by atoms with Gasteiger partial charge in [-0.3, -0.25) is 20.2 Å². The number of barbiturate groups is 1. The Morgan fingerprint density at radius 2 is 1.74 bits per heavy atom. The number of carbonyl (C=O) groups is 3. The van der Waals surface area contributed by atoms with Gasteiger partial charge in [0.25, 0.3) is 0 Å². The Kier molecular flexibility index (Phi) is 3.81. The van der Waals surface area contributed by atoms with Crippen molar-refractivity contribution in [2.45, 2.75) is 44.6 Å². The van der Waals surface area contributed by atoms with Gasteiger partial charge in [0, 0.05) is 37.1 Å². The van der Waals surface area contributed by atoms with Crippen LogP contribution in [0.2, 0.25) is 0 Å². The molecule has 4 heterocycles. The van der Waals surface area contributed by atoms with Crippen molar-refractivity contribution in [1.29, 1.82) is 0 Å². The van der Waals surface area contributed by atoms with Crippen molar-refractivity contribution in [3.63, 3.8) is 0 Å². The summed E-state index contributed by atoms with van der Waals surface area (Å²) in [6.07, 6.45) is -0.171. The summed E-state index contributed by atoms with van der Waals surface area (Å²) in [7, 11) is 0. The van der Waals surface area contributed by atoms with E-state index in [0.717, 1.165) is 30.0 Å². The summed E-state index contributed by atoms with van der Waals surface area (Å²) < 4.78 is 6.05. The molecule has 9 heteroatoms. The predicted octanol–water partition coefficient (Wildman–Crippen LogP) is -0.0294. The Morgan fingerprint density at radius 3 is 2.42 bits per heavy atom. The summed E-state index contributed by atoms with van der Waals surface area (Å²) in [5.41, 5.74) is 7.74. The zero-order chi connectivity index (χ0) is 21.7. The molecule has 4 amide bonds. The number of morpholine rings is 1. The molecule has 1 saturated carbocycles. The first-order chi connectivity index (χ1) is 14.8. The van der Waals surface area contributed by atoms with E-state index < -0.39 is 29.3 Å². The minimum absolute atomic E-state index is 0.0440. The number of nitrogens with one attached hydrogen (secondary N) is 2. The number of fused-ring (bicyclic) bond motifs is 5. The molecule has 0 bridgehead atoms. The number of nitrogens with two attached hydrogens (primary N) is 1. The van der Waals surface area contributed by atoms with Crippen LogP contribution in [0.15, 0.2) is 18.2 Å². The molecule has 6 rings (SSSR count). The molecule has 3 saturated heterocycles. The van der Waals surface area contributed by atoms with Crippen molar-refractivity contribution < 1.29 is 19.1 Å². The number of amides is 4. The quantitative estimate of drug-likeness (QED) is 0.541. The Hall–Kier alpha value is -2.65. The highest BCUT2D eigenvalue weighted by Crippen LogP contribution is 2.49. The molecule has 1 aromatic carbocycles. The van der Waals surface area contributed by atoms with E-state index in [1.165, 1.54) is 0 Å². The third kappa shape index (κ3) is 2.53. The molecule has 1 spiro atoms. The molecule has 1 unspecified atom stereocenters. The Balaban J connectivity index is 1.43. The average Bonchev–Trinajstić information content (AvgIpc) is 3.10. The number of imide groups is 2. The van der Waals surface area contributed by atoms with Crippen LogP contribution in [0.3, 0.4) is 0 Å². The van der Waals surface area contributed by atoms with E-state index in [2.05, 4.69) is 38.6 Å². The van der Waals surface area contributed by atoms with Gasteiger partial charge in [-0.25, -0.2) is 4.79 Å². The highest BCUT2D eigenvalue weighted by molar-refractivity contribution is 6.20. The third-order valence-electron chi connectivity index (χ3n) is 7.92. The van der Waals surface area contributed by atoms with Crippen molar-refractivity contribution in [3.8, 4) is 0 Å². The van der Waals surface area contributed by atoms with Gasteiger partial charge in [-0.15, -0.1) is 0 Å². The second kappa shape index (κ2) is 6.20. The standard InChI is InChI=1S/C22H27N5O4/c1-10-7-27-16-4-3-13(26-8-14-15(9-26)17(14)23)5-12(16)6-22(18(27)11(2)31-10)19(28)24-21(30)25-20(22)29/h3-5,10-11,14-15,17-18H,6-9,23H2,1-2H3,(H2,24,25,28,29,30)/t10-,11+,14-,15+,17?,18-/m1/s1. The summed E-state index contributed by atoms with van der Waals surface area (Å²) in [4.78, 5) is 42.7. The number of hydrogen-bond donors (Lipinski definition) is 3. The van der Waals surface area contributed by atoms with Crippen molar-refractivity contribution >= 4 is 29.2 Å². The average molecular weight is 425 g/mol.